The summed E-state index contributed by atoms with van der Waals surface area (Å²) < 4.78 is 13.2. The van der Waals surface area contributed by atoms with Crippen LogP contribution in [-0.2, 0) is 6.54 Å². The molecule has 0 aliphatic heterocycles. The smallest absolute Gasteiger partial charge is 0.165 e. The van der Waals surface area contributed by atoms with Gasteiger partial charge in [-0.2, -0.15) is 0 Å². The maximum atomic E-state index is 13.2. The monoisotopic (exact) mass is 259 g/mol. The predicted octanol–water partition coefficient (Wildman–Crippen LogP) is 3.42. The molecule has 19 heavy (non-hydrogen) atoms. The number of nitrogens with one attached hydrogen (secondary N) is 1. The van der Waals surface area contributed by atoms with Crippen LogP contribution >= 0.6 is 0 Å². The molecule has 2 nitrogen and oxygen atoms in total. The molecule has 0 aliphatic carbocycles. The second-order valence-corrected chi connectivity index (χ2v) is 4.69. The molecule has 1 atom stereocenters. The maximum absolute atomic E-state index is 13.2. The normalized spacial score (nSPS) is 12.3. The van der Waals surface area contributed by atoms with Gasteiger partial charge in [0.25, 0.3) is 0 Å². The zero-order valence-electron chi connectivity index (χ0n) is 10.9. The molecule has 2 rings (SSSR count). The number of hydrogen-bond acceptors (Lipinski definition) is 2. The Bertz CT molecular complexity index is 528. The highest BCUT2D eigenvalue weighted by atomic mass is 19.1. The van der Waals surface area contributed by atoms with E-state index in [1.165, 1.54) is 11.6 Å². The van der Waals surface area contributed by atoms with E-state index < -0.39 is 5.82 Å². The summed E-state index contributed by atoms with van der Waals surface area (Å²) >= 11 is 0. The molecular weight excluding hydrogens is 241 g/mol. The fourth-order valence-corrected chi connectivity index (χ4v) is 2.03. The first-order valence-corrected chi connectivity index (χ1v) is 6.40. The van der Waals surface area contributed by atoms with Crippen LogP contribution in [0.4, 0.5) is 4.39 Å². The number of hydrogen-bond donors (Lipinski definition) is 2. The summed E-state index contributed by atoms with van der Waals surface area (Å²) in [5, 5.41) is 12.8. The summed E-state index contributed by atoms with van der Waals surface area (Å²) in [6.07, 6.45) is 0. The van der Waals surface area contributed by atoms with Gasteiger partial charge in [0.15, 0.2) is 11.6 Å². The molecule has 0 saturated carbocycles. The number of benzene rings is 2. The summed E-state index contributed by atoms with van der Waals surface area (Å²) in [4.78, 5) is 0. The molecule has 0 fully saturated rings. The van der Waals surface area contributed by atoms with Crippen LogP contribution in [0.5, 0.6) is 5.75 Å². The van der Waals surface area contributed by atoms with Gasteiger partial charge in [-0.1, -0.05) is 49.4 Å². The van der Waals surface area contributed by atoms with Crippen LogP contribution in [0.2, 0.25) is 0 Å². The largest absolute Gasteiger partial charge is 0.505 e. The second kappa shape index (κ2) is 6.34. The third-order valence-electron chi connectivity index (χ3n) is 3.20. The number of rotatable bonds is 5. The minimum atomic E-state index is -0.574. The molecule has 3 heteroatoms. The minimum absolute atomic E-state index is 0.262. The Morgan fingerprint density at radius 2 is 1.84 bits per heavy atom. The summed E-state index contributed by atoms with van der Waals surface area (Å²) in [6.45, 7) is 3.37. The maximum Gasteiger partial charge on any atom is 0.165 e. The molecule has 1 unspecified atom stereocenters. The van der Waals surface area contributed by atoms with Crippen LogP contribution < -0.4 is 5.32 Å². The minimum Gasteiger partial charge on any atom is -0.505 e. The molecular formula is C16H18FNO. The highest BCUT2D eigenvalue weighted by Gasteiger charge is 2.07. The Morgan fingerprint density at radius 1 is 1.11 bits per heavy atom. The molecule has 0 spiro atoms. The second-order valence-electron chi connectivity index (χ2n) is 4.69. The van der Waals surface area contributed by atoms with Crippen molar-refractivity contribution in [2.75, 3.05) is 6.54 Å². The molecule has 0 heterocycles. The van der Waals surface area contributed by atoms with E-state index in [2.05, 4.69) is 24.4 Å². The molecule has 0 aliphatic rings. The Kier molecular flexibility index (Phi) is 4.53. The van der Waals surface area contributed by atoms with Crippen LogP contribution in [0, 0.1) is 5.82 Å². The van der Waals surface area contributed by atoms with E-state index in [0.717, 1.165) is 6.54 Å². The molecule has 0 amide bonds. The van der Waals surface area contributed by atoms with Gasteiger partial charge in [0.2, 0.25) is 0 Å². The summed E-state index contributed by atoms with van der Waals surface area (Å²) in [7, 11) is 0. The molecule has 0 radical (unpaired) electrons. The number of phenolic OH excluding ortho intramolecular Hbond substituents is 1. The first-order chi connectivity index (χ1) is 9.18. The first-order valence-electron chi connectivity index (χ1n) is 6.40. The van der Waals surface area contributed by atoms with E-state index in [4.69, 9.17) is 0 Å². The van der Waals surface area contributed by atoms with E-state index in [9.17, 15) is 9.50 Å². The zero-order valence-corrected chi connectivity index (χ0v) is 10.9. The zero-order chi connectivity index (χ0) is 13.7. The van der Waals surface area contributed by atoms with Gasteiger partial charge in [-0.05, 0) is 17.5 Å². The van der Waals surface area contributed by atoms with Crippen molar-refractivity contribution in [3.8, 4) is 5.75 Å². The molecule has 0 aromatic heterocycles. The summed E-state index contributed by atoms with van der Waals surface area (Å²) in [5.41, 5.74) is 1.85. The topological polar surface area (TPSA) is 32.3 Å². The lowest BCUT2D eigenvalue weighted by Crippen LogP contribution is -2.19. The fraction of sp³-hybridized carbons (Fsp3) is 0.250. The van der Waals surface area contributed by atoms with E-state index in [1.54, 1.807) is 12.1 Å². The molecule has 0 bridgehead atoms. The lowest BCUT2D eigenvalue weighted by molar-refractivity contribution is 0.422. The molecule has 0 saturated heterocycles. The van der Waals surface area contributed by atoms with Gasteiger partial charge >= 0.3 is 0 Å². The van der Waals surface area contributed by atoms with Crippen molar-refractivity contribution in [2.24, 2.45) is 0 Å². The van der Waals surface area contributed by atoms with E-state index in [0.29, 0.717) is 18.0 Å². The van der Waals surface area contributed by atoms with Crippen molar-refractivity contribution in [3.63, 3.8) is 0 Å². The van der Waals surface area contributed by atoms with Gasteiger partial charge in [-0.3, -0.25) is 0 Å². The number of para-hydroxylation sites is 1. The van der Waals surface area contributed by atoms with Gasteiger partial charge in [0.1, 0.15) is 0 Å². The van der Waals surface area contributed by atoms with E-state index in [-0.39, 0.29) is 5.75 Å². The van der Waals surface area contributed by atoms with Gasteiger partial charge < -0.3 is 10.4 Å². The lowest BCUT2D eigenvalue weighted by atomic mass is 10.0. The van der Waals surface area contributed by atoms with E-state index >= 15 is 0 Å². The van der Waals surface area contributed by atoms with Crippen LogP contribution in [0.15, 0.2) is 48.5 Å². The predicted molar refractivity (Wildman–Crippen MR) is 74.6 cm³/mol. The quantitative estimate of drug-likeness (QED) is 0.862. The third kappa shape index (κ3) is 3.55. The SMILES string of the molecule is CC(CNCc1cccc(F)c1O)c1ccccc1. The van der Waals surface area contributed by atoms with Gasteiger partial charge in [-0.15, -0.1) is 0 Å². The average molecular weight is 259 g/mol. The van der Waals surface area contributed by atoms with Crippen molar-refractivity contribution in [2.45, 2.75) is 19.4 Å². The van der Waals surface area contributed by atoms with Gasteiger partial charge in [-0.25, -0.2) is 4.39 Å². The van der Waals surface area contributed by atoms with E-state index in [1.807, 2.05) is 18.2 Å². The first kappa shape index (κ1) is 13.6. The van der Waals surface area contributed by atoms with Crippen LogP contribution in [0.25, 0.3) is 0 Å². The summed E-state index contributed by atoms with van der Waals surface area (Å²) in [6, 6.07) is 14.8. The van der Waals surface area contributed by atoms with Crippen LogP contribution in [0.3, 0.4) is 0 Å². The van der Waals surface area contributed by atoms with Crippen molar-refractivity contribution >= 4 is 0 Å². The lowest BCUT2D eigenvalue weighted by Gasteiger charge is -2.13. The molecule has 2 aromatic carbocycles. The van der Waals surface area contributed by atoms with Gasteiger partial charge in [0, 0.05) is 18.7 Å². The number of halogens is 1. The molecule has 2 aromatic rings. The van der Waals surface area contributed by atoms with Crippen molar-refractivity contribution in [3.05, 3.63) is 65.5 Å². The highest BCUT2D eigenvalue weighted by Crippen LogP contribution is 2.20. The number of aromatic hydroxyl groups is 1. The highest BCUT2D eigenvalue weighted by molar-refractivity contribution is 5.33. The Balaban J connectivity index is 1.88. The average Bonchev–Trinajstić information content (AvgIpc) is 2.44. The third-order valence-corrected chi connectivity index (χ3v) is 3.20. The van der Waals surface area contributed by atoms with Crippen LogP contribution in [0.1, 0.15) is 24.0 Å². The van der Waals surface area contributed by atoms with Crippen LogP contribution in [-0.4, -0.2) is 11.7 Å². The number of phenols is 1. The Morgan fingerprint density at radius 3 is 2.58 bits per heavy atom. The standard InChI is InChI=1S/C16H18FNO/c1-12(13-6-3-2-4-7-13)10-18-11-14-8-5-9-15(17)16(14)19/h2-9,12,18-19H,10-11H2,1H3. The fourth-order valence-electron chi connectivity index (χ4n) is 2.03. The molecule has 2 N–H and O–H groups in total. The van der Waals surface area contributed by atoms with Crippen molar-refractivity contribution in [1.82, 2.24) is 5.32 Å². The Hall–Kier alpha value is -1.87. The summed E-state index contributed by atoms with van der Waals surface area (Å²) in [5.74, 6) is -0.463. The Labute approximate surface area is 112 Å². The van der Waals surface area contributed by atoms with Crippen molar-refractivity contribution < 1.29 is 9.50 Å². The van der Waals surface area contributed by atoms with Gasteiger partial charge in [0.05, 0.1) is 0 Å². The van der Waals surface area contributed by atoms with Crippen molar-refractivity contribution in [1.29, 1.82) is 0 Å². The molecule has 100 valence electrons.